The van der Waals surface area contributed by atoms with Crippen LogP contribution in [0.15, 0.2) is 52.3 Å². The Balaban J connectivity index is 0.000000396. The van der Waals surface area contributed by atoms with Crippen LogP contribution in [0, 0.1) is 6.92 Å². The first kappa shape index (κ1) is 23.6. The molecule has 0 aliphatic carbocycles. The molecule has 3 N–H and O–H groups in total. The third kappa shape index (κ3) is 6.67. The zero-order valence-electron chi connectivity index (χ0n) is 16.1. The van der Waals surface area contributed by atoms with E-state index in [2.05, 4.69) is 34.5 Å². The third-order valence-corrected chi connectivity index (χ3v) is 5.45. The smallest absolute Gasteiger partial charge is 0.478 e. The Morgan fingerprint density at radius 1 is 1.03 bits per heavy atom. The monoisotopic (exact) mass is 442 g/mol. The molecule has 2 aromatic rings. The van der Waals surface area contributed by atoms with E-state index in [-0.39, 0.29) is 0 Å². The fourth-order valence-corrected chi connectivity index (χ4v) is 3.77. The molecule has 0 unspecified atom stereocenters. The minimum atomic E-state index is -5.08. The number of alkyl halides is 3. The Morgan fingerprint density at radius 2 is 1.63 bits per heavy atom. The molecule has 1 fully saturated rings. The van der Waals surface area contributed by atoms with Gasteiger partial charge in [0, 0.05) is 36.0 Å². The normalized spacial score (nSPS) is 13.9. The zero-order valence-corrected chi connectivity index (χ0v) is 16.9. The highest BCUT2D eigenvalue weighted by molar-refractivity contribution is 7.99. The minimum Gasteiger partial charge on any atom is -0.478 e. The number of benzene rings is 2. The summed E-state index contributed by atoms with van der Waals surface area (Å²) in [6.07, 6.45) is -5.08. The summed E-state index contributed by atoms with van der Waals surface area (Å²) < 4.78 is 31.7. The van der Waals surface area contributed by atoms with Crippen LogP contribution in [0.25, 0.3) is 0 Å². The fourth-order valence-electron chi connectivity index (χ4n) is 2.73. The Morgan fingerprint density at radius 3 is 2.17 bits per heavy atom. The highest BCUT2D eigenvalue weighted by Crippen LogP contribution is 2.37. The maximum Gasteiger partial charge on any atom is 0.490 e. The molecular weight excluding hydrogens is 421 g/mol. The van der Waals surface area contributed by atoms with Gasteiger partial charge in [-0.25, -0.2) is 9.59 Å². The lowest BCUT2D eigenvalue weighted by molar-refractivity contribution is -0.192. The standard InChI is InChI=1S/C18H20N2O2S.C2HF3O2/c1-13-12-14(18(21)22)6-7-16(13)23-17-5-3-2-4-15(17)20-10-8-19-9-11-20;3-2(4,5)1(6)7/h2-7,12,19H,8-11H2,1H3,(H,21,22);(H,6,7). The molecule has 0 atom stereocenters. The molecule has 2 aromatic carbocycles. The second-order valence-electron chi connectivity index (χ2n) is 6.40. The van der Waals surface area contributed by atoms with Gasteiger partial charge in [-0.2, -0.15) is 13.2 Å². The van der Waals surface area contributed by atoms with E-state index >= 15 is 0 Å². The van der Waals surface area contributed by atoms with Gasteiger partial charge < -0.3 is 20.4 Å². The van der Waals surface area contributed by atoms with E-state index in [1.807, 2.05) is 13.0 Å². The number of rotatable bonds is 4. The van der Waals surface area contributed by atoms with Crippen LogP contribution in [0.1, 0.15) is 15.9 Å². The summed E-state index contributed by atoms with van der Waals surface area (Å²) in [6, 6.07) is 13.7. The topological polar surface area (TPSA) is 89.9 Å². The number of hydrogen-bond donors (Lipinski definition) is 3. The fraction of sp³-hybridized carbons (Fsp3) is 0.300. The lowest BCUT2D eigenvalue weighted by Crippen LogP contribution is -2.43. The number of aliphatic carboxylic acids is 1. The van der Waals surface area contributed by atoms with Gasteiger partial charge >= 0.3 is 18.1 Å². The molecule has 6 nitrogen and oxygen atoms in total. The van der Waals surface area contributed by atoms with Crippen LogP contribution < -0.4 is 10.2 Å². The predicted molar refractivity (Wildman–Crippen MR) is 107 cm³/mol. The van der Waals surface area contributed by atoms with Crippen LogP contribution in [-0.2, 0) is 4.79 Å². The van der Waals surface area contributed by atoms with Gasteiger partial charge in [0.05, 0.1) is 11.3 Å². The second kappa shape index (κ2) is 10.4. The molecular formula is C20H21F3N2O4S. The van der Waals surface area contributed by atoms with E-state index in [1.54, 1.807) is 23.9 Å². The second-order valence-corrected chi connectivity index (χ2v) is 7.48. The lowest BCUT2D eigenvalue weighted by Gasteiger charge is -2.31. The molecule has 30 heavy (non-hydrogen) atoms. The molecule has 0 spiro atoms. The Bertz CT molecular complexity index is 900. The van der Waals surface area contributed by atoms with Crippen LogP contribution in [0.3, 0.4) is 0 Å². The van der Waals surface area contributed by atoms with E-state index in [1.165, 1.54) is 10.6 Å². The van der Waals surface area contributed by atoms with Crippen molar-refractivity contribution in [3.63, 3.8) is 0 Å². The largest absolute Gasteiger partial charge is 0.490 e. The SMILES string of the molecule is Cc1cc(C(=O)O)ccc1Sc1ccccc1N1CCNCC1.O=C(O)C(F)(F)F. The van der Waals surface area contributed by atoms with Crippen LogP contribution in [-0.4, -0.2) is 54.5 Å². The van der Waals surface area contributed by atoms with Crippen LogP contribution in [0.5, 0.6) is 0 Å². The van der Waals surface area contributed by atoms with Crippen LogP contribution in [0.4, 0.5) is 18.9 Å². The summed E-state index contributed by atoms with van der Waals surface area (Å²) in [7, 11) is 0. The van der Waals surface area contributed by atoms with Crippen molar-refractivity contribution in [2.24, 2.45) is 0 Å². The number of anilines is 1. The first-order valence-electron chi connectivity index (χ1n) is 8.96. The van der Waals surface area contributed by atoms with Gasteiger partial charge in [-0.15, -0.1) is 0 Å². The number of aromatic carboxylic acids is 1. The minimum absolute atomic E-state index is 0.335. The molecule has 0 amide bonds. The van der Waals surface area contributed by atoms with Crippen LogP contribution in [0.2, 0.25) is 0 Å². The van der Waals surface area contributed by atoms with Crippen molar-refractivity contribution in [3.05, 3.63) is 53.6 Å². The summed E-state index contributed by atoms with van der Waals surface area (Å²) in [5, 5.41) is 19.6. The molecule has 10 heteroatoms. The maximum atomic E-state index is 11.1. The van der Waals surface area contributed by atoms with Crippen molar-refractivity contribution < 1.29 is 33.0 Å². The van der Waals surface area contributed by atoms with Gasteiger partial charge in [0.1, 0.15) is 0 Å². The molecule has 1 aliphatic rings. The number of halogens is 3. The molecule has 1 heterocycles. The van der Waals surface area contributed by atoms with Gasteiger partial charge in [0.25, 0.3) is 0 Å². The lowest BCUT2D eigenvalue weighted by atomic mass is 10.1. The molecule has 0 aromatic heterocycles. The quantitative estimate of drug-likeness (QED) is 0.662. The van der Waals surface area contributed by atoms with Gasteiger partial charge in [0.15, 0.2) is 0 Å². The zero-order chi connectivity index (χ0) is 22.3. The van der Waals surface area contributed by atoms with E-state index in [4.69, 9.17) is 15.0 Å². The molecule has 162 valence electrons. The summed E-state index contributed by atoms with van der Waals surface area (Å²) in [5.41, 5.74) is 2.58. The van der Waals surface area contributed by atoms with Crippen molar-refractivity contribution in [1.29, 1.82) is 0 Å². The summed E-state index contributed by atoms with van der Waals surface area (Å²) in [5.74, 6) is -3.64. The average molecular weight is 442 g/mol. The molecule has 0 bridgehead atoms. The number of aryl methyl sites for hydroxylation is 1. The van der Waals surface area contributed by atoms with Crippen molar-refractivity contribution in [1.82, 2.24) is 5.32 Å². The number of piperazine rings is 1. The predicted octanol–water partition coefficient (Wildman–Crippen LogP) is 3.89. The van der Waals surface area contributed by atoms with Gasteiger partial charge in [-0.3, -0.25) is 0 Å². The Hall–Kier alpha value is -2.72. The first-order valence-corrected chi connectivity index (χ1v) is 9.78. The number of nitrogens with one attached hydrogen (secondary N) is 1. The highest BCUT2D eigenvalue weighted by atomic mass is 32.2. The molecule has 0 radical (unpaired) electrons. The van der Waals surface area contributed by atoms with E-state index in [0.29, 0.717) is 5.56 Å². The van der Waals surface area contributed by atoms with Crippen molar-refractivity contribution >= 4 is 29.4 Å². The number of carboxylic acids is 2. The van der Waals surface area contributed by atoms with Crippen molar-refractivity contribution in [3.8, 4) is 0 Å². The number of para-hydroxylation sites is 1. The van der Waals surface area contributed by atoms with Crippen molar-refractivity contribution in [2.75, 3.05) is 31.1 Å². The third-order valence-electron chi connectivity index (χ3n) is 4.21. The summed E-state index contributed by atoms with van der Waals surface area (Å²) in [6.45, 7) is 5.99. The summed E-state index contributed by atoms with van der Waals surface area (Å²) in [4.78, 5) is 24.7. The Labute approximate surface area is 175 Å². The molecule has 1 saturated heterocycles. The van der Waals surface area contributed by atoms with E-state index in [0.717, 1.165) is 36.6 Å². The summed E-state index contributed by atoms with van der Waals surface area (Å²) >= 11 is 1.70. The maximum absolute atomic E-state index is 11.1. The number of carbonyl (C=O) groups is 2. The molecule has 1 aliphatic heterocycles. The molecule has 0 saturated carbocycles. The number of carboxylic acid groups (broad SMARTS) is 2. The van der Waals surface area contributed by atoms with Gasteiger partial charge in [0.2, 0.25) is 0 Å². The van der Waals surface area contributed by atoms with Crippen LogP contribution >= 0.6 is 11.8 Å². The Kier molecular flexibility index (Phi) is 8.13. The molecule has 3 rings (SSSR count). The number of hydrogen-bond acceptors (Lipinski definition) is 5. The van der Waals surface area contributed by atoms with Gasteiger partial charge in [-0.1, -0.05) is 23.9 Å². The number of nitrogens with zero attached hydrogens (tertiary/aromatic N) is 1. The van der Waals surface area contributed by atoms with Gasteiger partial charge in [-0.05, 0) is 42.8 Å². The van der Waals surface area contributed by atoms with E-state index in [9.17, 15) is 18.0 Å². The van der Waals surface area contributed by atoms with Crippen molar-refractivity contribution in [2.45, 2.75) is 22.9 Å². The highest BCUT2D eigenvalue weighted by Gasteiger charge is 2.38. The first-order chi connectivity index (χ1) is 14.1. The van der Waals surface area contributed by atoms with E-state index < -0.39 is 18.1 Å². The average Bonchev–Trinajstić information content (AvgIpc) is 2.70.